The number of fused-ring (bicyclic) bond motifs is 3. The maximum atomic E-state index is 14.0. The lowest BCUT2D eigenvalue weighted by molar-refractivity contribution is -0.152. The number of amides is 1. The molecule has 11 nitrogen and oxygen atoms in total. The lowest BCUT2D eigenvalue weighted by Gasteiger charge is -2.39. The van der Waals surface area contributed by atoms with Crippen LogP contribution in [-0.2, 0) is 11.3 Å². The number of aromatic nitrogens is 3. The predicted octanol–water partition coefficient (Wildman–Crippen LogP) is 1.73. The van der Waals surface area contributed by atoms with Crippen molar-refractivity contribution >= 4 is 29.5 Å². The molecule has 0 radical (unpaired) electrons. The Bertz CT molecular complexity index is 1220. The molecule has 0 aliphatic carbocycles. The van der Waals surface area contributed by atoms with Crippen molar-refractivity contribution in [1.29, 1.82) is 0 Å². The topological polar surface area (TPSA) is 130 Å². The van der Waals surface area contributed by atoms with Gasteiger partial charge in [0.2, 0.25) is 5.95 Å². The molecule has 0 spiro atoms. The molecule has 3 aliphatic heterocycles. The van der Waals surface area contributed by atoms with Gasteiger partial charge in [-0.05, 0) is 25.0 Å². The third-order valence-corrected chi connectivity index (χ3v) is 6.44. The number of halogens is 3. The van der Waals surface area contributed by atoms with Gasteiger partial charge in [0.15, 0.2) is 5.78 Å². The van der Waals surface area contributed by atoms with Gasteiger partial charge in [0.1, 0.15) is 17.7 Å². The number of morpholine rings is 1. The van der Waals surface area contributed by atoms with Crippen LogP contribution in [0.15, 0.2) is 29.2 Å². The van der Waals surface area contributed by atoms with E-state index < -0.39 is 42.6 Å². The zero-order chi connectivity index (χ0) is 24.9. The fourth-order valence-corrected chi connectivity index (χ4v) is 4.79. The second kappa shape index (κ2) is 8.52. The molecule has 2 saturated heterocycles. The van der Waals surface area contributed by atoms with Crippen molar-refractivity contribution in [1.82, 2.24) is 14.5 Å². The van der Waals surface area contributed by atoms with E-state index in [2.05, 4.69) is 9.97 Å². The third kappa shape index (κ3) is 4.40. The highest BCUT2D eigenvalue weighted by Gasteiger charge is 2.48. The third-order valence-electron chi connectivity index (χ3n) is 6.44. The Hall–Kier alpha value is -3.68. The van der Waals surface area contributed by atoms with E-state index >= 15 is 0 Å². The number of hydrogen-bond acceptors (Lipinski definition) is 8. The maximum Gasteiger partial charge on any atom is 0.410 e. The van der Waals surface area contributed by atoms with E-state index in [1.807, 2.05) is 10.2 Å². The summed E-state index contributed by atoms with van der Waals surface area (Å²) in [6.07, 6.45) is -4.59. The summed E-state index contributed by atoms with van der Waals surface area (Å²) >= 11 is 0. The molecule has 186 valence electrons. The summed E-state index contributed by atoms with van der Waals surface area (Å²) in [4.78, 5) is 47.4. The first-order valence-corrected chi connectivity index (χ1v) is 10.9. The average Bonchev–Trinajstić information content (AvgIpc) is 3.42. The van der Waals surface area contributed by atoms with Gasteiger partial charge in [0.25, 0.3) is 5.56 Å². The molecule has 35 heavy (non-hydrogen) atoms. The van der Waals surface area contributed by atoms with Gasteiger partial charge in [0.05, 0.1) is 25.3 Å². The van der Waals surface area contributed by atoms with Crippen LogP contribution in [0.1, 0.15) is 23.2 Å². The van der Waals surface area contributed by atoms with Crippen molar-refractivity contribution in [3.63, 3.8) is 0 Å². The second-order valence-corrected chi connectivity index (χ2v) is 8.66. The number of carboxylic acid groups (broad SMARTS) is 1. The molecule has 0 saturated carbocycles. The molecule has 14 heteroatoms. The van der Waals surface area contributed by atoms with Crippen LogP contribution in [0, 0.1) is 0 Å². The van der Waals surface area contributed by atoms with Gasteiger partial charge in [0, 0.05) is 30.9 Å². The van der Waals surface area contributed by atoms with Crippen LogP contribution in [0.25, 0.3) is 0 Å². The summed E-state index contributed by atoms with van der Waals surface area (Å²) in [5, 5.41) is 10.8. The highest BCUT2D eigenvalue weighted by Crippen LogP contribution is 2.36. The minimum atomic E-state index is -4.66. The Morgan fingerprint density at radius 2 is 2.09 bits per heavy atom. The number of ether oxygens (including phenoxy) is 1. The highest BCUT2D eigenvalue weighted by atomic mass is 19.4. The van der Waals surface area contributed by atoms with Crippen molar-refractivity contribution in [3.8, 4) is 0 Å². The Morgan fingerprint density at radius 3 is 2.69 bits per heavy atom. The van der Waals surface area contributed by atoms with Crippen LogP contribution < -0.4 is 20.7 Å². The minimum absolute atomic E-state index is 0.00367. The predicted molar refractivity (Wildman–Crippen MR) is 116 cm³/mol. The first-order chi connectivity index (χ1) is 16.6. The first kappa shape index (κ1) is 23.1. The SMILES string of the molecule is O=C(O)Nc1ccc(C(=O)CN2c3nc(N4CC5CC4CO5)cc(=O)n3CC[C@H]2C(F)(F)F)cn1. The lowest BCUT2D eigenvalue weighted by Crippen LogP contribution is -2.54. The fraction of sp³-hybridized carbons (Fsp3) is 0.476. The van der Waals surface area contributed by atoms with Crippen molar-refractivity contribution in [2.24, 2.45) is 0 Å². The van der Waals surface area contributed by atoms with Crippen molar-refractivity contribution in [2.45, 2.75) is 43.8 Å². The Labute approximate surface area is 196 Å². The summed E-state index contributed by atoms with van der Waals surface area (Å²) in [7, 11) is 0. The molecule has 5 rings (SSSR count). The number of anilines is 3. The number of ketones is 1. The molecule has 1 amide bonds. The molecule has 2 N–H and O–H groups in total. The van der Waals surface area contributed by atoms with E-state index in [-0.39, 0.29) is 41.8 Å². The quantitative estimate of drug-likeness (QED) is 0.597. The summed E-state index contributed by atoms with van der Waals surface area (Å²) in [6.45, 7) is 0.0771. The van der Waals surface area contributed by atoms with Gasteiger partial charge in [-0.3, -0.25) is 19.5 Å². The molecule has 3 atom stereocenters. The van der Waals surface area contributed by atoms with E-state index in [4.69, 9.17) is 9.84 Å². The first-order valence-electron chi connectivity index (χ1n) is 10.9. The van der Waals surface area contributed by atoms with Crippen LogP contribution in [-0.4, -0.2) is 75.6 Å². The van der Waals surface area contributed by atoms with Gasteiger partial charge in [-0.15, -0.1) is 0 Å². The summed E-state index contributed by atoms with van der Waals surface area (Å²) in [5.41, 5.74) is -0.496. The number of nitrogens with one attached hydrogen (secondary N) is 1. The molecule has 2 unspecified atom stereocenters. The van der Waals surface area contributed by atoms with Crippen LogP contribution in [0.2, 0.25) is 0 Å². The largest absolute Gasteiger partial charge is 0.465 e. The fourth-order valence-electron chi connectivity index (χ4n) is 4.79. The molecule has 2 bridgehead atoms. The van der Waals surface area contributed by atoms with E-state index in [9.17, 15) is 27.6 Å². The van der Waals surface area contributed by atoms with Crippen LogP contribution >= 0.6 is 0 Å². The van der Waals surface area contributed by atoms with Gasteiger partial charge in [-0.1, -0.05) is 0 Å². The zero-order valence-electron chi connectivity index (χ0n) is 18.2. The van der Waals surface area contributed by atoms with E-state index in [0.29, 0.717) is 13.2 Å². The molecular formula is C21H21F3N6O5. The monoisotopic (exact) mass is 494 g/mol. The van der Waals surface area contributed by atoms with E-state index in [0.717, 1.165) is 22.1 Å². The normalized spacial score (nSPS) is 23.3. The van der Waals surface area contributed by atoms with Crippen LogP contribution in [0.4, 0.5) is 35.5 Å². The highest BCUT2D eigenvalue weighted by molar-refractivity contribution is 5.99. The number of pyridine rings is 1. The zero-order valence-corrected chi connectivity index (χ0v) is 18.2. The summed E-state index contributed by atoms with van der Waals surface area (Å²) in [5.74, 6) is -0.666. The molecule has 0 aromatic carbocycles. The number of carbonyl (C=O) groups excluding carboxylic acids is 1. The van der Waals surface area contributed by atoms with Gasteiger partial charge in [-0.2, -0.15) is 18.2 Å². The summed E-state index contributed by atoms with van der Waals surface area (Å²) < 4.78 is 48.6. The minimum Gasteiger partial charge on any atom is -0.465 e. The van der Waals surface area contributed by atoms with Crippen molar-refractivity contribution in [2.75, 3.05) is 34.8 Å². The number of nitrogens with zero attached hydrogens (tertiary/aromatic N) is 5. The average molecular weight is 494 g/mol. The molecule has 3 aliphatic rings. The van der Waals surface area contributed by atoms with Gasteiger partial charge < -0.3 is 19.6 Å². The molecule has 2 aromatic heterocycles. The molecule has 5 heterocycles. The van der Waals surface area contributed by atoms with Gasteiger partial charge >= 0.3 is 12.3 Å². The van der Waals surface area contributed by atoms with Crippen LogP contribution in [0.3, 0.4) is 0 Å². The Balaban J connectivity index is 1.48. The standard InChI is InChI=1S/C21H21F3N6O5/c22-21(23,24)15-3-4-28-18(32)6-17(29-8-13-5-12(29)10-35-13)27-19(28)30(15)9-14(31)11-1-2-16(25-7-11)26-20(33)34/h1-2,6-7,12-13,15H,3-5,8-10H2,(H,25,26)(H,33,34)/t12?,13?,15-/m0/s1. The lowest BCUT2D eigenvalue weighted by atomic mass is 10.1. The molecule has 2 aromatic rings. The summed E-state index contributed by atoms with van der Waals surface area (Å²) in [6, 6.07) is 1.81. The van der Waals surface area contributed by atoms with E-state index in [1.54, 1.807) is 0 Å². The maximum absolute atomic E-state index is 14.0. The number of Topliss-reactive ketones (excluding diaryl/α,β-unsaturated/α-hetero) is 1. The second-order valence-electron chi connectivity index (χ2n) is 8.66. The number of carbonyl (C=O) groups is 2. The molecular weight excluding hydrogens is 473 g/mol. The smallest absolute Gasteiger partial charge is 0.410 e. The molecule has 2 fully saturated rings. The van der Waals surface area contributed by atoms with Crippen molar-refractivity contribution in [3.05, 3.63) is 40.3 Å². The van der Waals surface area contributed by atoms with Crippen molar-refractivity contribution < 1.29 is 32.6 Å². The Kier molecular flexibility index (Phi) is 5.62. The van der Waals surface area contributed by atoms with Crippen LogP contribution in [0.5, 0.6) is 0 Å². The van der Waals surface area contributed by atoms with E-state index in [1.165, 1.54) is 18.2 Å². The Morgan fingerprint density at radius 1 is 1.29 bits per heavy atom. The number of rotatable bonds is 5. The van der Waals surface area contributed by atoms with Gasteiger partial charge in [-0.25, -0.2) is 9.78 Å². The number of hydrogen-bond donors (Lipinski definition) is 2. The number of alkyl halides is 3.